The second-order valence-corrected chi connectivity index (χ2v) is 4.74. The fourth-order valence-corrected chi connectivity index (χ4v) is 2.57. The van der Waals surface area contributed by atoms with Crippen LogP contribution in [0.5, 0.6) is 0 Å². The highest BCUT2D eigenvalue weighted by Gasteiger charge is 2.27. The molecule has 2 nitrogen and oxygen atoms in total. The summed E-state index contributed by atoms with van der Waals surface area (Å²) in [5.74, 6) is 0. The van der Waals surface area contributed by atoms with Crippen LogP contribution in [0.4, 0.5) is 0 Å². The van der Waals surface area contributed by atoms with Crippen LogP contribution >= 0.6 is 0 Å². The number of rotatable bonds is 1. The zero-order valence-electron chi connectivity index (χ0n) is 10.3. The standard InChI is InChI=1S/C16H16O2/c1-11-6-2-4-8-13(11)15-10-12-7-3-5-9-14(12)16(17)18-15/h2-9,15-17H,10H2,1H3/t15-,16+/m0/s1. The molecule has 2 heteroatoms. The predicted octanol–water partition coefficient (Wildman–Crippen LogP) is 3.30. The molecular formula is C16H16O2. The Bertz CT molecular complexity index is 563. The van der Waals surface area contributed by atoms with E-state index in [4.69, 9.17) is 4.74 Å². The SMILES string of the molecule is Cc1ccccc1[C@@H]1Cc2ccccc2[C@H](O)O1. The lowest BCUT2D eigenvalue weighted by molar-refractivity contribution is -0.151. The molecule has 92 valence electrons. The molecule has 1 heterocycles. The molecule has 0 bridgehead atoms. The largest absolute Gasteiger partial charge is 0.364 e. The molecule has 0 aromatic heterocycles. The first-order valence-electron chi connectivity index (χ1n) is 6.22. The Morgan fingerprint density at radius 2 is 1.67 bits per heavy atom. The number of ether oxygens (including phenoxy) is 1. The van der Waals surface area contributed by atoms with Gasteiger partial charge in [-0.15, -0.1) is 0 Å². The van der Waals surface area contributed by atoms with Gasteiger partial charge in [-0.1, -0.05) is 48.5 Å². The number of hydrogen-bond donors (Lipinski definition) is 1. The topological polar surface area (TPSA) is 29.5 Å². The molecule has 2 aromatic rings. The van der Waals surface area contributed by atoms with Crippen molar-refractivity contribution in [1.82, 2.24) is 0 Å². The van der Waals surface area contributed by atoms with Crippen molar-refractivity contribution in [3.63, 3.8) is 0 Å². The van der Waals surface area contributed by atoms with E-state index in [-0.39, 0.29) is 6.10 Å². The summed E-state index contributed by atoms with van der Waals surface area (Å²) in [6.45, 7) is 2.07. The van der Waals surface area contributed by atoms with Gasteiger partial charge in [0, 0.05) is 12.0 Å². The van der Waals surface area contributed by atoms with Gasteiger partial charge in [0.25, 0.3) is 0 Å². The van der Waals surface area contributed by atoms with E-state index in [1.165, 1.54) is 11.1 Å². The molecule has 0 saturated carbocycles. The Morgan fingerprint density at radius 3 is 2.44 bits per heavy atom. The van der Waals surface area contributed by atoms with E-state index in [0.29, 0.717) is 0 Å². The number of aliphatic hydroxyl groups excluding tert-OH is 1. The molecule has 0 aliphatic carbocycles. The van der Waals surface area contributed by atoms with E-state index in [9.17, 15) is 5.11 Å². The van der Waals surface area contributed by atoms with Gasteiger partial charge in [0.15, 0.2) is 6.29 Å². The van der Waals surface area contributed by atoms with Crippen LogP contribution in [0.15, 0.2) is 48.5 Å². The van der Waals surface area contributed by atoms with Crippen LogP contribution < -0.4 is 0 Å². The monoisotopic (exact) mass is 240 g/mol. The van der Waals surface area contributed by atoms with Crippen molar-refractivity contribution in [2.45, 2.75) is 25.7 Å². The van der Waals surface area contributed by atoms with Gasteiger partial charge in [-0.2, -0.15) is 0 Å². The van der Waals surface area contributed by atoms with Crippen molar-refractivity contribution in [2.75, 3.05) is 0 Å². The lowest BCUT2D eigenvalue weighted by Crippen LogP contribution is -2.20. The minimum absolute atomic E-state index is 0.0592. The molecule has 2 atom stereocenters. The van der Waals surface area contributed by atoms with E-state index in [1.54, 1.807) is 0 Å². The van der Waals surface area contributed by atoms with Crippen molar-refractivity contribution in [3.05, 3.63) is 70.8 Å². The molecule has 3 rings (SSSR count). The van der Waals surface area contributed by atoms with Crippen molar-refractivity contribution in [3.8, 4) is 0 Å². The van der Waals surface area contributed by atoms with Crippen LogP contribution in [-0.4, -0.2) is 5.11 Å². The fraction of sp³-hybridized carbons (Fsp3) is 0.250. The molecule has 0 radical (unpaired) electrons. The third-order valence-corrected chi connectivity index (χ3v) is 3.55. The molecular weight excluding hydrogens is 224 g/mol. The second-order valence-electron chi connectivity index (χ2n) is 4.74. The fourth-order valence-electron chi connectivity index (χ4n) is 2.57. The van der Waals surface area contributed by atoms with E-state index >= 15 is 0 Å². The second kappa shape index (κ2) is 4.56. The van der Waals surface area contributed by atoms with Gasteiger partial charge >= 0.3 is 0 Å². The third-order valence-electron chi connectivity index (χ3n) is 3.55. The summed E-state index contributed by atoms with van der Waals surface area (Å²) in [5, 5.41) is 10.1. The molecule has 0 saturated heterocycles. The zero-order chi connectivity index (χ0) is 12.5. The van der Waals surface area contributed by atoms with Gasteiger partial charge in [0.05, 0.1) is 6.10 Å². The van der Waals surface area contributed by atoms with Crippen LogP contribution in [0.3, 0.4) is 0 Å². The highest BCUT2D eigenvalue weighted by atomic mass is 16.6. The number of fused-ring (bicyclic) bond motifs is 1. The van der Waals surface area contributed by atoms with Crippen molar-refractivity contribution >= 4 is 0 Å². The van der Waals surface area contributed by atoms with Crippen LogP contribution in [0.25, 0.3) is 0 Å². The zero-order valence-corrected chi connectivity index (χ0v) is 10.3. The van der Waals surface area contributed by atoms with Crippen LogP contribution in [0.2, 0.25) is 0 Å². The summed E-state index contributed by atoms with van der Waals surface area (Å²) in [5.41, 5.74) is 4.42. The van der Waals surface area contributed by atoms with E-state index < -0.39 is 6.29 Å². The number of aryl methyl sites for hydroxylation is 1. The molecule has 0 amide bonds. The summed E-state index contributed by atoms with van der Waals surface area (Å²) >= 11 is 0. The average Bonchev–Trinajstić information content (AvgIpc) is 2.39. The summed E-state index contributed by atoms with van der Waals surface area (Å²) in [6.07, 6.45) is -0.0615. The predicted molar refractivity (Wildman–Crippen MR) is 70.1 cm³/mol. The third kappa shape index (κ3) is 1.94. The first-order chi connectivity index (χ1) is 8.75. The Hall–Kier alpha value is -1.64. The Morgan fingerprint density at radius 1 is 1.00 bits per heavy atom. The van der Waals surface area contributed by atoms with Crippen LogP contribution in [-0.2, 0) is 11.2 Å². The van der Waals surface area contributed by atoms with E-state index in [0.717, 1.165) is 17.5 Å². The normalized spacial score (nSPS) is 22.6. The van der Waals surface area contributed by atoms with Gasteiger partial charge in [0.1, 0.15) is 0 Å². The maximum Gasteiger partial charge on any atom is 0.182 e. The number of hydrogen-bond acceptors (Lipinski definition) is 2. The summed E-state index contributed by atoms with van der Waals surface area (Å²) in [6, 6.07) is 16.1. The number of benzene rings is 2. The van der Waals surface area contributed by atoms with Crippen molar-refractivity contribution in [1.29, 1.82) is 0 Å². The first-order valence-corrected chi connectivity index (χ1v) is 6.22. The van der Waals surface area contributed by atoms with Crippen LogP contribution in [0, 0.1) is 6.92 Å². The van der Waals surface area contributed by atoms with E-state index in [2.05, 4.69) is 25.1 Å². The molecule has 0 unspecified atom stereocenters. The van der Waals surface area contributed by atoms with Gasteiger partial charge in [-0.25, -0.2) is 0 Å². The molecule has 0 spiro atoms. The lowest BCUT2D eigenvalue weighted by atomic mass is 9.92. The van der Waals surface area contributed by atoms with Crippen molar-refractivity contribution < 1.29 is 9.84 Å². The Kier molecular flexibility index (Phi) is 2.90. The smallest absolute Gasteiger partial charge is 0.182 e. The molecule has 1 N–H and O–H groups in total. The minimum atomic E-state index is -0.820. The molecule has 1 aliphatic heterocycles. The lowest BCUT2D eigenvalue weighted by Gasteiger charge is -2.30. The number of aliphatic hydroxyl groups is 1. The molecule has 0 fully saturated rings. The van der Waals surface area contributed by atoms with Gasteiger partial charge in [-0.3, -0.25) is 0 Å². The summed E-state index contributed by atoms with van der Waals surface area (Å²) in [4.78, 5) is 0. The molecule has 1 aliphatic rings. The summed E-state index contributed by atoms with van der Waals surface area (Å²) < 4.78 is 5.74. The van der Waals surface area contributed by atoms with Crippen molar-refractivity contribution in [2.24, 2.45) is 0 Å². The maximum absolute atomic E-state index is 10.1. The van der Waals surface area contributed by atoms with E-state index in [1.807, 2.05) is 30.3 Å². The quantitative estimate of drug-likeness (QED) is 0.828. The Balaban J connectivity index is 1.97. The van der Waals surface area contributed by atoms with Gasteiger partial charge in [0.2, 0.25) is 0 Å². The Labute approximate surface area is 107 Å². The minimum Gasteiger partial charge on any atom is -0.364 e. The van der Waals surface area contributed by atoms with Gasteiger partial charge < -0.3 is 9.84 Å². The molecule has 18 heavy (non-hydrogen) atoms. The highest BCUT2D eigenvalue weighted by molar-refractivity contribution is 5.35. The highest BCUT2D eigenvalue weighted by Crippen LogP contribution is 2.36. The molecule has 2 aromatic carbocycles. The van der Waals surface area contributed by atoms with Crippen LogP contribution in [0.1, 0.15) is 34.6 Å². The summed E-state index contributed by atoms with van der Waals surface area (Å²) in [7, 11) is 0. The average molecular weight is 240 g/mol. The van der Waals surface area contributed by atoms with Gasteiger partial charge in [-0.05, 0) is 23.6 Å². The maximum atomic E-state index is 10.1. The first kappa shape index (κ1) is 11.5.